The lowest BCUT2D eigenvalue weighted by molar-refractivity contribution is 0.452. The molecule has 114 valence electrons. The van der Waals surface area contributed by atoms with Crippen molar-refractivity contribution >= 4 is 5.69 Å². The van der Waals surface area contributed by atoms with Crippen LogP contribution in [0.3, 0.4) is 0 Å². The molecule has 0 bridgehead atoms. The number of hydrogen-bond donors (Lipinski definition) is 1. The fourth-order valence-electron chi connectivity index (χ4n) is 2.80. The van der Waals surface area contributed by atoms with Crippen molar-refractivity contribution in [2.45, 2.75) is 53.0 Å². The van der Waals surface area contributed by atoms with E-state index in [1.807, 2.05) is 35.9 Å². The molecule has 0 atom stereocenters. The van der Waals surface area contributed by atoms with Crippen LogP contribution in [0.25, 0.3) is 5.69 Å². The predicted octanol–water partition coefficient (Wildman–Crippen LogP) is 3.24. The number of anilines is 1. The number of nitrogens with two attached hydrogens (primary N) is 1. The van der Waals surface area contributed by atoms with Gasteiger partial charge in [-0.05, 0) is 31.0 Å². The van der Waals surface area contributed by atoms with Crippen LogP contribution in [0.1, 0.15) is 45.4 Å². The summed E-state index contributed by atoms with van der Waals surface area (Å²) in [5, 5.41) is 0. The van der Waals surface area contributed by atoms with Crippen LogP contribution in [-0.4, -0.2) is 9.36 Å². The quantitative estimate of drug-likeness (QED) is 0.942. The van der Waals surface area contributed by atoms with Crippen molar-refractivity contribution in [3.8, 4) is 5.69 Å². The molecule has 0 fully saturated rings. The Morgan fingerprint density at radius 1 is 1.24 bits per heavy atom. The average molecular weight is 287 g/mol. The summed E-state index contributed by atoms with van der Waals surface area (Å²) in [6, 6.07) is 7.95. The highest BCUT2D eigenvalue weighted by atomic mass is 16.1. The van der Waals surface area contributed by atoms with Crippen LogP contribution in [-0.2, 0) is 12.0 Å². The minimum atomic E-state index is -0.173. The second-order valence-electron chi connectivity index (χ2n) is 6.59. The van der Waals surface area contributed by atoms with Crippen molar-refractivity contribution in [1.29, 1.82) is 0 Å². The van der Waals surface area contributed by atoms with E-state index >= 15 is 0 Å². The van der Waals surface area contributed by atoms with Crippen LogP contribution in [0, 0.1) is 6.92 Å². The fourth-order valence-corrected chi connectivity index (χ4v) is 2.80. The van der Waals surface area contributed by atoms with Gasteiger partial charge in [-0.3, -0.25) is 9.48 Å². The predicted molar refractivity (Wildman–Crippen MR) is 88.2 cm³/mol. The molecule has 0 saturated carbocycles. The van der Waals surface area contributed by atoms with Crippen LogP contribution >= 0.6 is 0 Å². The maximum absolute atomic E-state index is 12.7. The molecule has 0 aliphatic rings. The molecule has 1 aromatic carbocycles. The van der Waals surface area contributed by atoms with E-state index in [-0.39, 0.29) is 11.0 Å². The van der Waals surface area contributed by atoms with Gasteiger partial charge in [-0.15, -0.1) is 0 Å². The molecule has 2 N–H and O–H groups in total. The van der Waals surface area contributed by atoms with E-state index in [1.54, 1.807) is 4.68 Å². The van der Waals surface area contributed by atoms with Crippen LogP contribution in [0.15, 0.2) is 29.1 Å². The molecule has 0 spiro atoms. The van der Waals surface area contributed by atoms with Gasteiger partial charge in [0.2, 0.25) is 0 Å². The number of rotatable bonds is 3. The second kappa shape index (κ2) is 5.43. The van der Waals surface area contributed by atoms with Gasteiger partial charge in [0.15, 0.2) is 0 Å². The van der Waals surface area contributed by atoms with Crippen molar-refractivity contribution in [3.05, 3.63) is 45.9 Å². The molecular formula is C17H25N3O. The van der Waals surface area contributed by atoms with Crippen molar-refractivity contribution in [1.82, 2.24) is 9.36 Å². The van der Waals surface area contributed by atoms with Crippen molar-refractivity contribution in [2.75, 3.05) is 5.73 Å². The zero-order valence-electron chi connectivity index (χ0n) is 13.6. The Kier molecular flexibility index (Phi) is 3.99. The van der Waals surface area contributed by atoms with E-state index in [2.05, 4.69) is 27.7 Å². The van der Waals surface area contributed by atoms with Crippen LogP contribution in [0.5, 0.6) is 0 Å². The molecule has 0 aliphatic carbocycles. The van der Waals surface area contributed by atoms with E-state index < -0.39 is 0 Å². The lowest BCUT2D eigenvalue weighted by Gasteiger charge is -2.23. The first-order valence-corrected chi connectivity index (χ1v) is 7.46. The smallest absolute Gasteiger partial charge is 0.294 e. The minimum Gasteiger partial charge on any atom is -0.393 e. The molecule has 2 aromatic rings. The van der Waals surface area contributed by atoms with Crippen molar-refractivity contribution < 1.29 is 0 Å². The minimum absolute atomic E-state index is 0.126. The Morgan fingerprint density at radius 3 is 2.43 bits per heavy atom. The molecule has 21 heavy (non-hydrogen) atoms. The zero-order chi connectivity index (χ0) is 15.8. The van der Waals surface area contributed by atoms with Crippen molar-refractivity contribution in [3.63, 3.8) is 0 Å². The van der Waals surface area contributed by atoms with Gasteiger partial charge in [0, 0.05) is 12.0 Å². The lowest BCUT2D eigenvalue weighted by Crippen LogP contribution is -2.24. The first kappa shape index (κ1) is 15.4. The monoisotopic (exact) mass is 287 g/mol. The van der Waals surface area contributed by atoms with Gasteiger partial charge in [0.1, 0.15) is 5.69 Å². The summed E-state index contributed by atoms with van der Waals surface area (Å²) < 4.78 is 3.75. The molecule has 0 aliphatic heterocycles. The molecule has 1 aromatic heterocycles. The number of nitrogens with zero attached hydrogens (tertiary/aromatic N) is 2. The van der Waals surface area contributed by atoms with E-state index in [4.69, 9.17) is 5.73 Å². The van der Waals surface area contributed by atoms with Gasteiger partial charge < -0.3 is 5.73 Å². The van der Waals surface area contributed by atoms with Gasteiger partial charge in [-0.25, -0.2) is 4.68 Å². The van der Waals surface area contributed by atoms with Crippen LogP contribution in [0.4, 0.5) is 5.69 Å². The number of aryl methyl sites for hydroxylation is 1. The molecule has 0 amide bonds. The van der Waals surface area contributed by atoms with Gasteiger partial charge in [-0.2, -0.15) is 0 Å². The lowest BCUT2D eigenvalue weighted by atomic mass is 9.91. The van der Waals surface area contributed by atoms with E-state index in [1.165, 1.54) is 0 Å². The van der Waals surface area contributed by atoms with Crippen molar-refractivity contribution in [2.24, 2.45) is 0 Å². The Bertz CT molecular complexity index is 702. The van der Waals surface area contributed by atoms with E-state index in [0.29, 0.717) is 5.69 Å². The zero-order valence-corrected chi connectivity index (χ0v) is 13.6. The first-order chi connectivity index (χ1) is 9.77. The fraction of sp³-hybridized carbons (Fsp3) is 0.471. The third-order valence-corrected chi connectivity index (χ3v) is 3.57. The topological polar surface area (TPSA) is 52.9 Å². The van der Waals surface area contributed by atoms with E-state index in [9.17, 15) is 4.79 Å². The highest BCUT2D eigenvalue weighted by Gasteiger charge is 2.27. The summed E-state index contributed by atoms with van der Waals surface area (Å²) in [5.41, 5.74) is 9.11. The molecule has 4 nitrogen and oxygen atoms in total. The highest BCUT2D eigenvalue weighted by molar-refractivity contribution is 5.49. The first-order valence-electron chi connectivity index (χ1n) is 7.46. The molecular weight excluding hydrogens is 262 g/mol. The van der Waals surface area contributed by atoms with Gasteiger partial charge in [0.05, 0.1) is 11.4 Å². The summed E-state index contributed by atoms with van der Waals surface area (Å²) in [6.07, 6.45) is 0.947. The Hall–Kier alpha value is -1.97. The number of nitrogen functional groups attached to an aromatic ring is 1. The van der Waals surface area contributed by atoms with Crippen LogP contribution in [0.2, 0.25) is 0 Å². The highest BCUT2D eigenvalue weighted by Crippen LogP contribution is 2.28. The Morgan fingerprint density at radius 2 is 1.90 bits per heavy atom. The van der Waals surface area contributed by atoms with Gasteiger partial charge in [-0.1, -0.05) is 39.8 Å². The summed E-state index contributed by atoms with van der Waals surface area (Å²) in [5.74, 6) is 0. The third-order valence-electron chi connectivity index (χ3n) is 3.57. The normalized spacial score (nSPS) is 11.9. The molecule has 2 rings (SSSR count). The standard InChI is InChI=1S/C17H25N3O/c1-6-10-19-15(17(3,4)5)14(18)16(21)20(19)13-9-7-8-12(2)11-13/h7-9,11H,6,10,18H2,1-5H3. The average Bonchev–Trinajstić information content (AvgIpc) is 2.61. The van der Waals surface area contributed by atoms with E-state index in [0.717, 1.165) is 29.9 Å². The summed E-state index contributed by atoms with van der Waals surface area (Å²) in [6.45, 7) is 11.2. The molecule has 0 saturated heterocycles. The SMILES string of the molecule is CCCn1c(C(C)(C)C)c(N)c(=O)n1-c1cccc(C)c1. The molecule has 0 unspecified atom stereocenters. The van der Waals surface area contributed by atoms with Gasteiger partial charge >= 0.3 is 0 Å². The third kappa shape index (κ3) is 2.75. The maximum atomic E-state index is 12.7. The Labute approximate surface area is 126 Å². The largest absolute Gasteiger partial charge is 0.393 e. The number of benzene rings is 1. The second-order valence-corrected chi connectivity index (χ2v) is 6.59. The van der Waals surface area contributed by atoms with Gasteiger partial charge in [0.25, 0.3) is 5.56 Å². The summed E-state index contributed by atoms with van der Waals surface area (Å²) in [4.78, 5) is 12.7. The summed E-state index contributed by atoms with van der Waals surface area (Å²) in [7, 11) is 0. The Balaban J connectivity index is 2.80. The molecule has 1 heterocycles. The molecule has 0 radical (unpaired) electrons. The molecule has 4 heteroatoms. The summed E-state index contributed by atoms with van der Waals surface area (Å²) >= 11 is 0. The number of aromatic nitrogens is 2. The van der Waals surface area contributed by atoms with Crippen LogP contribution < -0.4 is 11.3 Å². The maximum Gasteiger partial charge on any atom is 0.294 e. The number of hydrogen-bond acceptors (Lipinski definition) is 2.